The highest BCUT2D eigenvalue weighted by atomic mass is 19.1. The van der Waals surface area contributed by atoms with E-state index in [0.29, 0.717) is 5.56 Å². The van der Waals surface area contributed by atoms with E-state index in [-0.39, 0.29) is 36.2 Å². The molecule has 0 bridgehead atoms. The Morgan fingerprint density at radius 2 is 1.71 bits per heavy atom. The third-order valence-electron chi connectivity index (χ3n) is 4.86. The van der Waals surface area contributed by atoms with Crippen LogP contribution >= 0.6 is 0 Å². The van der Waals surface area contributed by atoms with Gasteiger partial charge in [-0.15, -0.1) is 0 Å². The number of aliphatic carboxylic acids is 1. The number of benzene rings is 2. The molecule has 2 aromatic rings. The van der Waals surface area contributed by atoms with Crippen LogP contribution in [0.3, 0.4) is 0 Å². The third kappa shape index (κ3) is 4.42. The molecule has 1 unspecified atom stereocenters. The van der Waals surface area contributed by atoms with E-state index in [1.54, 1.807) is 0 Å². The highest BCUT2D eigenvalue weighted by Crippen LogP contribution is 2.39. The molecule has 0 aromatic heterocycles. The molecule has 1 N–H and O–H groups in total. The molecule has 0 radical (unpaired) electrons. The van der Waals surface area contributed by atoms with E-state index in [9.17, 15) is 39.1 Å². The van der Waals surface area contributed by atoms with Gasteiger partial charge in [0.25, 0.3) is 17.4 Å². The molecular formula is C21H16FN2O7-. The Labute approximate surface area is 175 Å². The van der Waals surface area contributed by atoms with Crippen LogP contribution in [0.1, 0.15) is 30.0 Å². The first-order chi connectivity index (χ1) is 14.7. The number of carbonyl (C=O) groups is 3. The third-order valence-corrected chi connectivity index (χ3v) is 4.86. The van der Waals surface area contributed by atoms with Gasteiger partial charge in [-0.1, -0.05) is 0 Å². The van der Waals surface area contributed by atoms with Crippen LogP contribution in [0.5, 0.6) is 0 Å². The number of Topliss-reactive ketones (excluding diaryl/α,β-unsaturated/α-hetero) is 1. The van der Waals surface area contributed by atoms with Crippen LogP contribution in [0, 0.1) is 15.9 Å². The van der Waals surface area contributed by atoms with Crippen molar-refractivity contribution < 1.29 is 33.9 Å². The van der Waals surface area contributed by atoms with Gasteiger partial charge in [0.05, 0.1) is 16.5 Å². The van der Waals surface area contributed by atoms with E-state index in [1.807, 2.05) is 0 Å². The average Bonchev–Trinajstić information content (AvgIpc) is 2.98. The monoisotopic (exact) mass is 427 g/mol. The Balaban J connectivity index is 2.10. The molecule has 10 heteroatoms. The molecule has 1 fully saturated rings. The molecule has 160 valence electrons. The summed E-state index contributed by atoms with van der Waals surface area (Å²) in [6.07, 6.45) is -0.358. The first kappa shape index (κ1) is 21.6. The average molecular weight is 427 g/mol. The number of nitro benzene ring substituents is 1. The molecule has 9 nitrogen and oxygen atoms in total. The summed E-state index contributed by atoms with van der Waals surface area (Å²) in [7, 11) is 0. The molecule has 1 amide bonds. The van der Waals surface area contributed by atoms with E-state index < -0.39 is 40.2 Å². The minimum absolute atomic E-state index is 0.00454. The van der Waals surface area contributed by atoms with Crippen molar-refractivity contribution in [1.82, 2.24) is 4.90 Å². The number of hydrogen-bond acceptors (Lipinski definition) is 7. The fourth-order valence-electron chi connectivity index (χ4n) is 3.39. The number of halogens is 1. The van der Waals surface area contributed by atoms with Crippen LogP contribution in [-0.2, 0) is 14.4 Å². The van der Waals surface area contributed by atoms with Crippen LogP contribution in [0.25, 0.3) is 5.76 Å². The summed E-state index contributed by atoms with van der Waals surface area (Å²) in [5.41, 5.74) is -0.0851. The molecule has 31 heavy (non-hydrogen) atoms. The lowest BCUT2D eigenvalue weighted by molar-refractivity contribution is -0.384. The minimum Gasteiger partial charge on any atom is -0.550 e. The normalized spacial score (nSPS) is 17.7. The number of amides is 1. The van der Waals surface area contributed by atoms with Gasteiger partial charge in [0, 0.05) is 30.2 Å². The number of carboxylic acid groups (broad SMARTS) is 1. The number of aliphatic hydroxyl groups is 1. The molecule has 2 aromatic carbocycles. The number of ketones is 1. The zero-order chi connectivity index (χ0) is 22.7. The first-order valence-corrected chi connectivity index (χ1v) is 9.19. The highest BCUT2D eigenvalue weighted by Gasteiger charge is 2.45. The summed E-state index contributed by atoms with van der Waals surface area (Å²) >= 11 is 0. The SMILES string of the molecule is O=C([O-])CCCN1C(=O)C(=O)C(=C(O)c2ccc(F)cc2)C1c1ccc([N+](=O)[O-])cc1. The van der Waals surface area contributed by atoms with Crippen LogP contribution in [0.15, 0.2) is 54.1 Å². The van der Waals surface area contributed by atoms with Crippen molar-refractivity contribution in [3.8, 4) is 0 Å². The van der Waals surface area contributed by atoms with Crippen LogP contribution in [0.4, 0.5) is 10.1 Å². The lowest BCUT2D eigenvalue weighted by atomic mass is 9.95. The van der Waals surface area contributed by atoms with Crippen LogP contribution in [-0.4, -0.2) is 39.1 Å². The zero-order valence-electron chi connectivity index (χ0n) is 16.0. The Kier molecular flexibility index (Phi) is 6.10. The largest absolute Gasteiger partial charge is 0.550 e. The number of carbonyl (C=O) groups excluding carboxylic acids is 3. The van der Waals surface area contributed by atoms with Crippen molar-refractivity contribution in [2.24, 2.45) is 0 Å². The molecule has 0 saturated carbocycles. The minimum atomic E-state index is -1.32. The summed E-state index contributed by atoms with van der Waals surface area (Å²) < 4.78 is 13.2. The molecule has 1 aliphatic heterocycles. The van der Waals surface area contributed by atoms with Gasteiger partial charge in [0.15, 0.2) is 0 Å². The van der Waals surface area contributed by atoms with E-state index in [4.69, 9.17) is 0 Å². The fourth-order valence-corrected chi connectivity index (χ4v) is 3.39. The van der Waals surface area contributed by atoms with Gasteiger partial charge in [-0.05, 0) is 54.8 Å². The van der Waals surface area contributed by atoms with Gasteiger partial charge in [0.2, 0.25) is 0 Å². The molecule has 1 atom stereocenters. The zero-order valence-corrected chi connectivity index (χ0v) is 16.0. The second kappa shape index (κ2) is 8.74. The van der Waals surface area contributed by atoms with Gasteiger partial charge in [0.1, 0.15) is 11.6 Å². The summed E-state index contributed by atoms with van der Waals surface area (Å²) in [4.78, 5) is 47.5. The first-order valence-electron chi connectivity index (χ1n) is 9.19. The standard InChI is InChI=1S/C21H17FN2O7/c22-14-7-3-13(4-8-14)19(27)17-18(12-5-9-15(10-6-12)24(30)31)23(21(29)20(17)28)11-1-2-16(25)26/h3-10,18,27H,1-2,11H2,(H,25,26)/p-1. The molecule has 1 saturated heterocycles. The molecular weight excluding hydrogens is 411 g/mol. The maximum atomic E-state index is 13.2. The molecule has 3 rings (SSSR count). The number of rotatable bonds is 7. The second-order valence-corrected chi connectivity index (χ2v) is 6.82. The van der Waals surface area contributed by atoms with Crippen molar-refractivity contribution in [3.05, 3.63) is 81.2 Å². The Morgan fingerprint density at radius 1 is 1.10 bits per heavy atom. The number of non-ortho nitro benzene ring substituents is 1. The lowest BCUT2D eigenvalue weighted by Crippen LogP contribution is -2.32. The summed E-state index contributed by atoms with van der Waals surface area (Å²) in [5, 5.41) is 32.4. The molecule has 0 aliphatic carbocycles. The summed E-state index contributed by atoms with van der Waals surface area (Å²) in [6, 6.07) is 8.59. The van der Waals surface area contributed by atoms with Crippen molar-refractivity contribution in [3.63, 3.8) is 0 Å². The van der Waals surface area contributed by atoms with Crippen molar-refractivity contribution in [2.75, 3.05) is 6.54 Å². The van der Waals surface area contributed by atoms with Crippen molar-refractivity contribution in [1.29, 1.82) is 0 Å². The topological polar surface area (TPSA) is 141 Å². The Hall–Kier alpha value is -4.08. The summed E-state index contributed by atoms with van der Waals surface area (Å²) in [5.74, 6) is -4.38. The van der Waals surface area contributed by atoms with Gasteiger partial charge < -0.3 is 19.9 Å². The number of nitrogens with zero attached hydrogens (tertiary/aromatic N) is 2. The molecule has 0 spiro atoms. The Bertz CT molecular complexity index is 1080. The van der Waals surface area contributed by atoms with Gasteiger partial charge in [-0.25, -0.2) is 4.39 Å². The fraction of sp³-hybridized carbons (Fsp3) is 0.190. The molecule has 1 aliphatic rings. The van der Waals surface area contributed by atoms with E-state index in [2.05, 4.69) is 0 Å². The quantitative estimate of drug-likeness (QED) is 0.233. The van der Waals surface area contributed by atoms with E-state index in [1.165, 1.54) is 36.4 Å². The lowest BCUT2D eigenvalue weighted by Gasteiger charge is -2.25. The number of aliphatic hydroxyl groups excluding tert-OH is 1. The van der Waals surface area contributed by atoms with E-state index in [0.717, 1.165) is 17.0 Å². The number of carboxylic acids is 1. The summed E-state index contributed by atoms with van der Waals surface area (Å²) in [6.45, 7) is -0.125. The van der Waals surface area contributed by atoms with Crippen molar-refractivity contribution >= 4 is 29.1 Å². The van der Waals surface area contributed by atoms with Gasteiger partial charge >= 0.3 is 0 Å². The molecule has 1 heterocycles. The van der Waals surface area contributed by atoms with Crippen LogP contribution < -0.4 is 5.11 Å². The van der Waals surface area contributed by atoms with Gasteiger partial charge in [-0.3, -0.25) is 19.7 Å². The van der Waals surface area contributed by atoms with E-state index >= 15 is 0 Å². The van der Waals surface area contributed by atoms with Crippen molar-refractivity contribution in [2.45, 2.75) is 18.9 Å². The predicted molar refractivity (Wildman–Crippen MR) is 103 cm³/mol. The second-order valence-electron chi connectivity index (χ2n) is 6.82. The highest BCUT2D eigenvalue weighted by molar-refractivity contribution is 6.46. The number of nitro groups is 1. The maximum Gasteiger partial charge on any atom is 0.295 e. The smallest absolute Gasteiger partial charge is 0.295 e. The Morgan fingerprint density at radius 3 is 2.26 bits per heavy atom. The maximum absolute atomic E-state index is 13.2. The van der Waals surface area contributed by atoms with Crippen LogP contribution in [0.2, 0.25) is 0 Å². The predicted octanol–water partition coefficient (Wildman–Crippen LogP) is 1.69. The van der Waals surface area contributed by atoms with Gasteiger partial charge in [-0.2, -0.15) is 0 Å². The number of hydrogen-bond donors (Lipinski definition) is 1. The number of likely N-dealkylation sites (tertiary alicyclic amines) is 1.